The van der Waals surface area contributed by atoms with E-state index in [4.69, 9.17) is 9.47 Å². The molecule has 0 bridgehead atoms. The Kier molecular flexibility index (Phi) is 3.90. The van der Waals surface area contributed by atoms with Gasteiger partial charge in [-0.3, -0.25) is 9.59 Å². The number of ketones is 1. The molecule has 16 heavy (non-hydrogen) atoms. The number of Topliss-reactive ketones (excluding diaryl/α,β-unsaturated/α-hetero) is 1. The topological polar surface area (TPSA) is 64.6 Å². The van der Waals surface area contributed by atoms with Crippen molar-refractivity contribution in [2.75, 3.05) is 19.8 Å². The molecule has 5 nitrogen and oxygen atoms in total. The number of carbonyl (C=O) groups excluding carboxylic acids is 2. The summed E-state index contributed by atoms with van der Waals surface area (Å²) in [7, 11) is 0. The summed E-state index contributed by atoms with van der Waals surface area (Å²) in [6.45, 7) is 1.36. The van der Waals surface area contributed by atoms with Crippen molar-refractivity contribution in [1.29, 1.82) is 0 Å². The second kappa shape index (κ2) is 5.41. The maximum atomic E-state index is 11.7. The lowest BCUT2D eigenvalue weighted by atomic mass is 9.94. The quantitative estimate of drug-likeness (QED) is 0.723. The van der Waals surface area contributed by atoms with Gasteiger partial charge in [0.05, 0.1) is 19.8 Å². The van der Waals surface area contributed by atoms with Crippen LogP contribution in [-0.4, -0.2) is 43.7 Å². The highest BCUT2D eigenvalue weighted by Gasteiger charge is 2.26. The second-order valence-electron chi connectivity index (χ2n) is 4.26. The van der Waals surface area contributed by atoms with Crippen molar-refractivity contribution in [3.8, 4) is 0 Å². The van der Waals surface area contributed by atoms with Gasteiger partial charge in [-0.1, -0.05) is 0 Å². The summed E-state index contributed by atoms with van der Waals surface area (Å²) in [5.41, 5.74) is 0. The van der Waals surface area contributed by atoms with E-state index < -0.39 is 6.10 Å². The SMILES string of the molecule is O=C1CCC(NC(=O)C2COCCO2)CC1. The van der Waals surface area contributed by atoms with Crippen molar-refractivity contribution in [2.24, 2.45) is 0 Å². The van der Waals surface area contributed by atoms with Crippen LogP contribution < -0.4 is 5.32 Å². The van der Waals surface area contributed by atoms with Gasteiger partial charge in [0, 0.05) is 18.9 Å². The van der Waals surface area contributed by atoms with Crippen LogP contribution in [0.2, 0.25) is 0 Å². The Balaban J connectivity index is 1.75. The summed E-state index contributed by atoms with van der Waals surface area (Å²) in [5, 5.41) is 2.91. The van der Waals surface area contributed by atoms with Crippen LogP contribution in [-0.2, 0) is 19.1 Å². The van der Waals surface area contributed by atoms with Crippen LogP contribution in [0.15, 0.2) is 0 Å². The molecule has 0 spiro atoms. The molecule has 2 aliphatic rings. The van der Waals surface area contributed by atoms with Crippen LogP contribution >= 0.6 is 0 Å². The third kappa shape index (κ3) is 3.02. The molecular weight excluding hydrogens is 210 g/mol. The molecule has 1 heterocycles. The lowest BCUT2D eigenvalue weighted by Gasteiger charge is -2.27. The minimum absolute atomic E-state index is 0.112. The summed E-state index contributed by atoms with van der Waals surface area (Å²) in [6.07, 6.45) is 2.17. The van der Waals surface area contributed by atoms with Crippen molar-refractivity contribution in [1.82, 2.24) is 5.32 Å². The van der Waals surface area contributed by atoms with Crippen molar-refractivity contribution < 1.29 is 19.1 Å². The van der Waals surface area contributed by atoms with Gasteiger partial charge in [0.2, 0.25) is 0 Å². The molecule has 1 aliphatic carbocycles. The van der Waals surface area contributed by atoms with E-state index in [0.717, 1.165) is 12.8 Å². The van der Waals surface area contributed by atoms with Crippen LogP contribution in [0.3, 0.4) is 0 Å². The smallest absolute Gasteiger partial charge is 0.251 e. The molecule has 1 N–H and O–H groups in total. The Morgan fingerprint density at radius 2 is 2.00 bits per heavy atom. The Bertz CT molecular complexity index is 263. The van der Waals surface area contributed by atoms with Crippen molar-refractivity contribution in [3.05, 3.63) is 0 Å². The first-order valence-electron chi connectivity index (χ1n) is 5.77. The minimum atomic E-state index is -0.480. The first kappa shape index (κ1) is 11.5. The van der Waals surface area contributed by atoms with E-state index in [1.807, 2.05) is 0 Å². The maximum Gasteiger partial charge on any atom is 0.251 e. The van der Waals surface area contributed by atoms with Gasteiger partial charge in [0.1, 0.15) is 5.78 Å². The third-order valence-electron chi connectivity index (χ3n) is 3.00. The highest BCUT2D eigenvalue weighted by Crippen LogP contribution is 2.15. The largest absolute Gasteiger partial charge is 0.376 e. The Morgan fingerprint density at radius 1 is 1.25 bits per heavy atom. The Labute approximate surface area is 94.5 Å². The third-order valence-corrected chi connectivity index (χ3v) is 3.00. The van der Waals surface area contributed by atoms with Crippen LogP contribution in [0, 0.1) is 0 Å². The van der Waals surface area contributed by atoms with Gasteiger partial charge in [-0.15, -0.1) is 0 Å². The summed E-state index contributed by atoms with van der Waals surface area (Å²) in [4.78, 5) is 22.8. The van der Waals surface area contributed by atoms with Crippen LogP contribution in [0.4, 0.5) is 0 Å². The van der Waals surface area contributed by atoms with Crippen LogP contribution in [0.1, 0.15) is 25.7 Å². The summed E-state index contributed by atoms with van der Waals surface area (Å²) < 4.78 is 10.5. The molecule has 2 rings (SSSR count). The molecule has 0 aromatic rings. The predicted molar refractivity (Wildman–Crippen MR) is 56.0 cm³/mol. The van der Waals surface area contributed by atoms with Gasteiger partial charge >= 0.3 is 0 Å². The molecule has 90 valence electrons. The number of hydrogen-bond acceptors (Lipinski definition) is 4. The van der Waals surface area contributed by atoms with E-state index in [9.17, 15) is 9.59 Å². The molecule has 2 fully saturated rings. The first-order chi connectivity index (χ1) is 7.75. The van der Waals surface area contributed by atoms with Crippen LogP contribution in [0.25, 0.3) is 0 Å². The first-order valence-corrected chi connectivity index (χ1v) is 5.77. The predicted octanol–water partition coefficient (Wildman–Crippen LogP) is 0.0297. The zero-order valence-electron chi connectivity index (χ0n) is 9.24. The fourth-order valence-corrected chi connectivity index (χ4v) is 2.02. The average Bonchev–Trinajstić information content (AvgIpc) is 2.33. The molecule has 1 aliphatic heterocycles. The van der Waals surface area contributed by atoms with Crippen molar-refractivity contribution in [3.63, 3.8) is 0 Å². The number of amides is 1. The second-order valence-corrected chi connectivity index (χ2v) is 4.26. The van der Waals surface area contributed by atoms with Crippen molar-refractivity contribution in [2.45, 2.75) is 37.8 Å². The van der Waals surface area contributed by atoms with Gasteiger partial charge in [-0.25, -0.2) is 0 Å². The number of rotatable bonds is 2. The summed E-state index contributed by atoms with van der Waals surface area (Å²) in [5.74, 6) is 0.182. The molecule has 5 heteroatoms. The highest BCUT2D eigenvalue weighted by molar-refractivity contribution is 5.82. The Hall–Kier alpha value is -0.940. The van der Waals surface area contributed by atoms with E-state index in [1.165, 1.54) is 0 Å². The number of carbonyl (C=O) groups is 2. The van der Waals surface area contributed by atoms with E-state index in [1.54, 1.807) is 0 Å². The molecule has 1 saturated heterocycles. The Morgan fingerprint density at radius 3 is 2.62 bits per heavy atom. The normalized spacial score (nSPS) is 27.8. The standard InChI is InChI=1S/C11H17NO4/c13-9-3-1-8(2-4-9)12-11(14)10-7-15-5-6-16-10/h8,10H,1-7H2,(H,12,14). The fraction of sp³-hybridized carbons (Fsp3) is 0.818. The van der Waals surface area contributed by atoms with E-state index in [2.05, 4.69) is 5.32 Å². The molecule has 1 amide bonds. The zero-order valence-corrected chi connectivity index (χ0v) is 9.24. The minimum Gasteiger partial charge on any atom is -0.376 e. The molecule has 0 radical (unpaired) electrons. The van der Waals surface area contributed by atoms with E-state index in [-0.39, 0.29) is 11.9 Å². The van der Waals surface area contributed by atoms with Gasteiger partial charge in [0.15, 0.2) is 6.10 Å². The fourth-order valence-electron chi connectivity index (χ4n) is 2.02. The molecule has 1 saturated carbocycles. The molecule has 1 atom stereocenters. The zero-order chi connectivity index (χ0) is 11.4. The van der Waals surface area contributed by atoms with Gasteiger partial charge < -0.3 is 14.8 Å². The van der Waals surface area contributed by atoms with Gasteiger partial charge in [-0.05, 0) is 12.8 Å². The molecular formula is C11H17NO4. The maximum absolute atomic E-state index is 11.7. The molecule has 0 aromatic carbocycles. The number of hydrogen-bond donors (Lipinski definition) is 1. The highest BCUT2D eigenvalue weighted by atomic mass is 16.6. The van der Waals surface area contributed by atoms with E-state index >= 15 is 0 Å². The molecule has 1 unspecified atom stereocenters. The number of ether oxygens (including phenoxy) is 2. The lowest BCUT2D eigenvalue weighted by molar-refractivity contribution is -0.148. The lowest BCUT2D eigenvalue weighted by Crippen LogP contribution is -2.47. The molecule has 0 aromatic heterocycles. The number of nitrogens with one attached hydrogen (secondary N) is 1. The van der Waals surface area contributed by atoms with Gasteiger partial charge in [-0.2, -0.15) is 0 Å². The summed E-state index contributed by atoms with van der Waals surface area (Å²) >= 11 is 0. The van der Waals surface area contributed by atoms with Gasteiger partial charge in [0.25, 0.3) is 5.91 Å². The van der Waals surface area contributed by atoms with Crippen molar-refractivity contribution >= 4 is 11.7 Å². The summed E-state index contributed by atoms with van der Waals surface area (Å²) in [6, 6.07) is 0.121. The monoisotopic (exact) mass is 227 g/mol. The average molecular weight is 227 g/mol. The van der Waals surface area contributed by atoms with Crippen LogP contribution in [0.5, 0.6) is 0 Å². The van der Waals surface area contributed by atoms with E-state index in [0.29, 0.717) is 38.4 Å².